The average Bonchev–Trinajstić information content (AvgIpc) is 2.89. The van der Waals surface area contributed by atoms with Gasteiger partial charge in [-0.15, -0.1) is 0 Å². The van der Waals surface area contributed by atoms with E-state index in [1.165, 1.54) is 4.90 Å². The number of anilines is 1. The smallest absolute Gasteiger partial charge is 0.244 e. The third kappa shape index (κ3) is 8.93. The first-order valence-electron chi connectivity index (χ1n) is 13.3. The minimum absolute atomic E-state index is 0.157. The molecule has 0 fully saturated rings. The van der Waals surface area contributed by atoms with Gasteiger partial charge in [0, 0.05) is 24.0 Å². The number of carbonyl (C=O) groups is 2. The van der Waals surface area contributed by atoms with Gasteiger partial charge in [0.05, 0.1) is 11.9 Å². The molecule has 0 saturated heterocycles. The van der Waals surface area contributed by atoms with E-state index in [-0.39, 0.29) is 18.4 Å². The maximum atomic E-state index is 14.1. The maximum absolute atomic E-state index is 14.1. The van der Waals surface area contributed by atoms with E-state index in [4.69, 9.17) is 0 Å². The number of benzene rings is 3. The second-order valence-corrected chi connectivity index (χ2v) is 13.3. The van der Waals surface area contributed by atoms with E-state index >= 15 is 0 Å². The molecule has 1 atom stereocenters. The van der Waals surface area contributed by atoms with Gasteiger partial charge < -0.3 is 10.2 Å². The molecule has 3 aromatic rings. The van der Waals surface area contributed by atoms with Crippen LogP contribution in [-0.4, -0.2) is 50.5 Å². The van der Waals surface area contributed by atoms with Gasteiger partial charge in [0.2, 0.25) is 21.8 Å². The standard InChI is InChI=1S/C31H38BrN3O4S/c1-22(2)19-33-31(37)29(18-25-11-7-6-8-12-25)34(20-26-13-9-10-23(3)16-26)30(36)21-35(40(5,38)39)27-14-15-28(32)24(4)17-27/h6-17,22,29H,18-21H2,1-5H3,(H,33,37)/t29-/m0/s1. The van der Waals surface area contributed by atoms with Crippen molar-refractivity contribution in [2.75, 3.05) is 23.7 Å². The van der Waals surface area contributed by atoms with Crippen LogP contribution >= 0.6 is 15.9 Å². The molecule has 0 aliphatic rings. The molecule has 3 aromatic carbocycles. The molecule has 7 nitrogen and oxygen atoms in total. The Morgan fingerprint density at radius 1 is 0.925 bits per heavy atom. The first-order chi connectivity index (χ1) is 18.8. The fourth-order valence-corrected chi connectivity index (χ4v) is 5.47. The quantitative estimate of drug-likeness (QED) is 0.297. The molecule has 0 saturated carbocycles. The monoisotopic (exact) mass is 627 g/mol. The summed E-state index contributed by atoms with van der Waals surface area (Å²) in [5.41, 5.74) is 4.00. The van der Waals surface area contributed by atoms with Crippen LogP contribution in [0.1, 0.15) is 36.1 Å². The Balaban J connectivity index is 2.06. The van der Waals surface area contributed by atoms with Crippen molar-refractivity contribution in [1.29, 1.82) is 0 Å². The van der Waals surface area contributed by atoms with E-state index in [0.717, 1.165) is 37.3 Å². The Morgan fingerprint density at radius 3 is 2.20 bits per heavy atom. The lowest BCUT2D eigenvalue weighted by Crippen LogP contribution is -2.53. The van der Waals surface area contributed by atoms with Crippen LogP contribution in [0, 0.1) is 19.8 Å². The first-order valence-corrected chi connectivity index (χ1v) is 15.9. The van der Waals surface area contributed by atoms with E-state index in [1.54, 1.807) is 18.2 Å². The third-order valence-corrected chi connectivity index (χ3v) is 8.53. The van der Waals surface area contributed by atoms with Gasteiger partial charge >= 0.3 is 0 Å². The summed E-state index contributed by atoms with van der Waals surface area (Å²) in [5.74, 6) is -0.513. The molecular formula is C31H38BrN3O4S. The van der Waals surface area contributed by atoms with Crippen LogP contribution in [0.3, 0.4) is 0 Å². The largest absolute Gasteiger partial charge is 0.354 e. The minimum Gasteiger partial charge on any atom is -0.354 e. The summed E-state index contributed by atoms with van der Waals surface area (Å²) in [6, 6.07) is 21.6. The van der Waals surface area contributed by atoms with Crippen LogP contribution in [0.2, 0.25) is 0 Å². The predicted molar refractivity (Wildman–Crippen MR) is 165 cm³/mol. The normalized spacial score (nSPS) is 12.2. The third-order valence-electron chi connectivity index (χ3n) is 6.50. The van der Waals surface area contributed by atoms with E-state index in [2.05, 4.69) is 21.2 Å². The number of amides is 2. The summed E-state index contributed by atoms with van der Waals surface area (Å²) in [6.45, 7) is 8.02. The SMILES string of the molecule is Cc1cccc(CN(C(=O)CN(c2ccc(Br)c(C)c2)S(C)(=O)=O)[C@@H](Cc2ccccc2)C(=O)NCC(C)C)c1. The fraction of sp³-hybridized carbons (Fsp3) is 0.355. The fourth-order valence-electron chi connectivity index (χ4n) is 4.38. The summed E-state index contributed by atoms with van der Waals surface area (Å²) < 4.78 is 27.8. The molecule has 0 bridgehead atoms. The van der Waals surface area contributed by atoms with E-state index < -0.39 is 28.5 Å². The van der Waals surface area contributed by atoms with Crippen molar-refractivity contribution >= 4 is 43.5 Å². The zero-order chi connectivity index (χ0) is 29.4. The lowest BCUT2D eigenvalue weighted by molar-refractivity contribution is -0.140. The Morgan fingerprint density at radius 2 is 1.60 bits per heavy atom. The van der Waals surface area contributed by atoms with Crippen LogP contribution in [0.4, 0.5) is 5.69 Å². The van der Waals surface area contributed by atoms with Crippen molar-refractivity contribution < 1.29 is 18.0 Å². The second-order valence-electron chi connectivity index (χ2n) is 10.6. The highest BCUT2D eigenvalue weighted by Crippen LogP contribution is 2.25. The molecule has 214 valence electrons. The Hall–Kier alpha value is -3.17. The van der Waals surface area contributed by atoms with Crippen LogP contribution in [-0.2, 0) is 32.6 Å². The molecule has 2 amide bonds. The topological polar surface area (TPSA) is 86.8 Å². The van der Waals surface area contributed by atoms with Gasteiger partial charge in [-0.25, -0.2) is 8.42 Å². The molecule has 9 heteroatoms. The van der Waals surface area contributed by atoms with Gasteiger partial charge in [-0.05, 0) is 54.7 Å². The number of sulfonamides is 1. The molecule has 0 heterocycles. The first kappa shape index (κ1) is 31.4. The Labute approximate surface area is 246 Å². The zero-order valence-corrected chi connectivity index (χ0v) is 26.1. The minimum atomic E-state index is -3.81. The molecule has 3 rings (SSSR count). The van der Waals surface area contributed by atoms with Crippen LogP contribution in [0.15, 0.2) is 77.3 Å². The summed E-state index contributed by atoms with van der Waals surface area (Å²) in [6.07, 6.45) is 1.37. The van der Waals surface area contributed by atoms with Crippen molar-refractivity contribution in [3.63, 3.8) is 0 Å². The number of rotatable bonds is 12. The summed E-state index contributed by atoms with van der Waals surface area (Å²) in [5, 5.41) is 2.99. The van der Waals surface area contributed by atoms with Crippen LogP contribution < -0.4 is 9.62 Å². The van der Waals surface area contributed by atoms with Gasteiger partial charge in [0.25, 0.3) is 0 Å². The molecule has 0 aliphatic heterocycles. The molecule has 1 N–H and O–H groups in total. The predicted octanol–water partition coefficient (Wildman–Crippen LogP) is 5.24. The molecule has 0 spiro atoms. The van der Waals surface area contributed by atoms with Crippen LogP contribution in [0.25, 0.3) is 0 Å². The summed E-state index contributed by atoms with van der Waals surface area (Å²) >= 11 is 3.45. The highest BCUT2D eigenvalue weighted by atomic mass is 79.9. The van der Waals surface area contributed by atoms with Gasteiger partial charge in [0.15, 0.2) is 0 Å². The summed E-state index contributed by atoms with van der Waals surface area (Å²) in [4.78, 5) is 29.3. The number of hydrogen-bond acceptors (Lipinski definition) is 4. The van der Waals surface area contributed by atoms with E-state index in [1.807, 2.05) is 82.3 Å². The number of hydrogen-bond donors (Lipinski definition) is 1. The molecule has 0 aliphatic carbocycles. The lowest BCUT2D eigenvalue weighted by Gasteiger charge is -2.33. The lowest BCUT2D eigenvalue weighted by atomic mass is 10.0. The number of halogens is 1. The van der Waals surface area contributed by atoms with Gasteiger partial charge in [0.1, 0.15) is 12.6 Å². The van der Waals surface area contributed by atoms with Gasteiger partial charge in [-0.2, -0.15) is 0 Å². The number of carbonyl (C=O) groups excluding carboxylic acids is 2. The molecule has 0 radical (unpaired) electrons. The molecular weight excluding hydrogens is 590 g/mol. The highest BCUT2D eigenvalue weighted by molar-refractivity contribution is 9.10. The van der Waals surface area contributed by atoms with Crippen molar-refractivity contribution in [3.05, 3.63) is 99.5 Å². The van der Waals surface area contributed by atoms with Gasteiger partial charge in [-0.3, -0.25) is 13.9 Å². The van der Waals surface area contributed by atoms with E-state index in [0.29, 0.717) is 18.7 Å². The zero-order valence-electron chi connectivity index (χ0n) is 23.7. The maximum Gasteiger partial charge on any atom is 0.244 e. The molecule has 0 aromatic heterocycles. The van der Waals surface area contributed by atoms with Gasteiger partial charge in [-0.1, -0.05) is 89.9 Å². The van der Waals surface area contributed by atoms with Crippen molar-refractivity contribution in [2.45, 2.75) is 46.7 Å². The number of nitrogens with zero attached hydrogens (tertiary/aromatic N) is 2. The molecule has 40 heavy (non-hydrogen) atoms. The van der Waals surface area contributed by atoms with Crippen LogP contribution in [0.5, 0.6) is 0 Å². The van der Waals surface area contributed by atoms with Crippen molar-refractivity contribution in [3.8, 4) is 0 Å². The van der Waals surface area contributed by atoms with Crippen molar-refractivity contribution in [2.24, 2.45) is 5.92 Å². The Bertz CT molecular complexity index is 1430. The highest BCUT2D eigenvalue weighted by Gasteiger charge is 2.33. The number of aryl methyl sites for hydroxylation is 2. The Kier molecular flexibility index (Phi) is 10.9. The number of nitrogens with one attached hydrogen (secondary N) is 1. The second kappa shape index (κ2) is 13.9. The average molecular weight is 629 g/mol. The summed E-state index contributed by atoms with van der Waals surface area (Å²) in [7, 11) is -3.81. The van der Waals surface area contributed by atoms with E-state index in [9.17, 15) is 18.0 Å². The molecule has 0 unspecified atom stereocenters. The van der Waals surface area contributed by atoms with Crippen molar-refractivity contribution in [1.82, 2.24) is 10.2 Å².